The smallest absolute Gasteiger partial charge is 0.0405 e. The van der Waals surface area contributed by atoms with E-state index in [0.717, 1.165) is 36.8 Å². The molecule has 2 aromatic carbocycles. The van der Waals surface area contributed by atoms with Crippen LogP contribution in [0, 0.1) is 23.7 Å². The van der Waals surface area contributed by atoms with Crippen molar-refractivity contribution in [3.63, 3.8) is 0 Å². The molecule has 4 atom stereocenters. The van der Waals surface area contributed by atoms with E-state index in [1.54, 1.807) is 11.1 Å². The van der Waals surface area contributed by atoms with E-state index in [-0.39, 0.29) is 5.16 Å². The number of hydrogen-bond acceptors (Lipinski definition) is 2. The minimum absolute atomic E-state index is 0.0224. The van der Waals surface area contributed by atoms with Crippen LogP contribution in [-0.4, -0.2) is 31.3 Å². The van der Waals surface area contributed by atoms with Crippen molar-refractivity contribution >= 4 is 18.5 Å². The van der Waals surface area contributed by atoms with Crippen molar-refractivity contribution in [3.05, 3.63) is 59.7 Å². The fourth-order valence-electron chi connectivity index (χ4n) is 9.83. The van der Waals surface area contributed by atoms with E-state index in [0.29, 0.717) is 17.5 Å². The summed E-state index contributed by atoms with van der Waals surface area (Å²) >= 11 is 0. The molecule has 0 spiro atoms. The van der Waals surface area contributed by atoms with Gasteiger partial charge in [-0.25, -0.2) is 0 Å². The molecule has 8 rings (SSSR count). The minimum atomic E-state index is 0.0224. The van der Waals surface area contributed by atoms with Gasteiger partial charge < -0.3 is 10.6 Å². The molecule has 4 bridgehead atoms. The summed E-state index contributed by atoms with van der Waals surface area (Å²) in [6.45, 7) is 2.31. The fourth-order valence-corrected chi connectivity index (χ4v) is 11.5. The van der Waals surface area contributed by atoms with Gasteiger partial charge in [0.1, 0.15) is 0 Å². The average Bonchev–Trinajstić information content (AvgIpc) is 3.64. The fraction of sp³-hybridized carbons (Fsp3) is 0.625. The van der Waals surface area contributed by atoms with Gasteiger partial charge in [0, 0.05) is 22.7 Å². The van der Waals surface area contributed by atoms with E-state index in [2.05, 4.69) is 77.6 Å². The Morgan fingerprint density at radius 3 is 1.92 bits per heavy atom. The first-order chi connectivity index (χ1) is 17.6. The molecule has 192 valence electrons. The van der Waals surface area contributed by atoms with Crippen LogP contribution in [0.4, 0.5) is 0 Å². The third kappa shape index (κ3) is 3.65. The van der Waals surface area contributed by atoms with Gasteiger partial charge in [-0.05, 0) is 129 Å². The average molecular weight is 519 g/mol. The zero-order valence-electron chi connectivity index (χ0n) is 21.7. The van der Waals surface area contributed by atoms with Crippen LogP contribution in [0.1, 0.15) is 68.9 Å². The second kappa shape index (κ2) is 9.45. The summed E-state index contributed by atoms with van der Waals surface area (Å²) in [5.41, 5.74) is 6.41. The lowest BCUT2D eigenvalue weighted by Gasteiger charge is -2.62. The van der Waals surface area contributed by atoms with Crippen LogP contribution in [0.5, 0.6) is 0 Å². The van der Waals surface area contributed by atoms with E-state index in [1.807, 2.05) is 0 Å². The lowest BCUT2D eigenvalue weighted by Crippen LogP contribution is -2.59. The van der Waals surface area contributed by atoms with Gasteiger partial charge in [-0.15, -0.1) is 18.5 Å². The van der Waals surface area contributed by atoms with E-state index >= 15 is 0 Å². The summed E-state index contributed by atoms with van der Waals surface area (Å²) in [6.07, 6.45) is 13.8. The molecule has 2 nitrogen and oxygen atoms in total. The Morgan fingerprint density at radius 2 is 1.39 bits per heavy atom. The topological polar surface area (TPSA) is 24.1 Å². The highest BCUT2D eigenvalue weighted by Gasteiger charge is 2.59. The van der Waals surface area contributed by atoms with Crippen LogP contribution in [0.3, 0.4) is 0 Å². The molecule has 36 heavy (non-hydrogen) atoms. The van der Waals surface area contributed by atoms with Crippen molar-refractivity contribution in [1.29, 1.82) is 0 Å². The second-order valence-corrected chi connectivity index (χ2v) is 14.3. The maximum absolute atomic E-state index is 3.99. The molecule has 2 heterocycles. The minimum Gasteiger partial charge on any atom is -0.313 e. The van der Waals surface area contributed by atoms with Gasteiger partial charge in [0.25, 0.3) is 0 Å². The zero-order chi connectivity index (χ0) is 24.3. The molecule has 4 heteroatoms. The Kier molecular flexibility index (Phi) is 6.37. The van der Waals surface area contributed by atoms with Crippen molar-refractivity contribution in [2.45, 2.75) is 80.4 Å². The molecule has 0 aromatic heterocycles. The van der Waals surface area contributed by atoms with Crippen LogP contribution in [0.25, 0.3) is 11.1 Å². The van der Waals surface area contributed by atoms with E-state index in [4.69, 9.17) is 0 Å². The van der Waals surface area contributed by atoms with E-state index in [9.17, 15) is 0 Å². The Hall–Kier alpha value is -0.780. The van der Waals surface area contributed by atoms with E-state index < -0.39 is 0 Å². The van der Waals surface area contributed by atoms with Gasteiger partial charge in [-0.1, -0.05) is 42.5 Å². The first-order valence-electron chi connectivity index (χ1n) is 14.8. The highest BCUT2D eigenvalue weighted by molar-refractivity contribution is 7.18. The largest absolute Gasteiger partial charge is 0.313 e. The normalized spacial score (nSPS) is 38.9. The molecular formula is C32H44N2P2. The van der Waals surface area contributed by atoms with Crippen LogP contribution >= 0.6 is 18.5 Å². The molecule has 6 aliphatic rings. The third-order valence-corrected chi connectivity index (χ3v) is 13.1. The summed E-state index contributed by atoms with van der Waals surface area (Å²) in [7, 11) is 6.77. The second-order valence-electron chi connectivity index (χ2n) is 12.9. The Morgan fingerprint density at radius 1 is 0.778 bits per heavy atom. The zero-order valence-corrected chi connectivity index (χ0v) is 24.0. The SMILES string of the molecule is PCC1(c2ccc(-c3ccccc3)cc2C(P)(C2CCCN2)C2CCCN2)C2CC3CC(C2)CC1C3. The number of benzene rings is 2. The van der Waals surface area contributed by atoms with Crippen molar-refractivity contribution in [2.75, 3.05) is 19.3 Å². The first-order valence-corrected chi connectivity index (χ1v) is 16.2. The van der Waals surface area contributed by atoms with Crippen LogP contribution in [0.15, 0.2) is 48.5 Å². The summed E-state index contributed by atoms with van der Waals surface area (Å²) < 4.78 is 0. The van der Waals surface area contributed by atoms with Crippen molar-refractivity contribution in [1.82, 2.24) is 10.6 Å². The molecule has 0 amide bonds. The number of hydrogen-bond donors (Lipinski definition) is 2. The monoisotopic (exact) mass is 518 g/mol. The first kappa shape index (κ1) is 24.3. The number of nitrogens with one attached hydrogen (secondary N) is 2. The summed E-state index contributed by atoms with van der Waals surface area (Å²) in [6, 6.07) is 19.9. The molecule has 0 radical (unpaired) electrons. The van der Waals surface area contributed by atoms with Gasteiger partial charge in [0.2, 0.25) is 0 Å². The van der Waals surface area contributed by atoms with Gasteiger partial charge in [0.15, 0.2) is 0 Å². The highest BCUT2D eigenvalue weighted by atomic mass is 31.0. The summed E-state index contributed by atoms with van der Waals surface area (Å²) in [5, 5.41) is 8.00. The number of rotatable bonds is 6. The van der Waals surface area contributed by atoms with Crippen LogP contribution < -0.4 is 10.6 Å². The van der Waals surface area contributed by atoms with Crippen LogP contribution in [-0.2, 0) is 10.6 Å². The molecule has 6 fully saturated rings. The molecular weight excluding hydrogens is 474 g/mol. The van der Waals surface area contributed by atoms with Crippen LogP contribution in [0.2, 0.25) is 0 Å². The summed E-state index contributed by atoms with van der Waals surface area (Å²) in [5.74, 6) is 3.71. The third-order valence-electron chi connectivity index (χ3n) is 11.3. The predicted molar refractivity (Wildman–Crippen MR) is 159 cm³/mol. The molecule has 4 unspecified atom stereocenters. The van der Waals surface area contributed by atoms with Crippen molar-refractivity contribution in [2.24, 2.45) is 23.7 Å². The molecule has 4 aliphatic carbocycles. The summed E-state index contributed by atoms with van der Waals surface area (Å²) in [4.78, 5) is 0. The molecule has 2 aromatic rings. The van der Waals surface area contributed by atoms with Gasteiger partial charge in [-0.2, -0.15) is 0 Å². The molecule has 2 aliphatic heterocycles. The standard InChI is InChI=1S/C32H44N2P2/c35-20-31(25-15-21-14-22(17-25)18-26(31)16-21)27-11-10-24(23-6-2-1-3-7-23)19-28(27)32(36,29-8-4-12-33-29)30-9-5-13-34-30/h1-3,6-7,10-11,19,21-22,25-26,29-30,33-34H,4-5,8-9,12-18,20,35-36H2. The van der Waals surface area contributed by atoms with Gasteiger partial charge in [0.05, 0.1) is 0 Å². The molecule has 2 saturated heterocycles. The van der Waals surface area contributed by atoms with Crippen molar-refractivity contribution < 1.29 is 0 Å². The quantitative estimate of drug-likeness (QED) is 0.427. The maximum Gasteiger partial charge on any atom is 0.0405 e. The lowest BCUT2D eigenvalue weighted by molar-refractivity contribution is -0.0506. The Balaban J connectivity index is 1.44. The highest BCUT2D eigenvalue weighted by Crippen LogP contribution is 2.65. The van der Waals surface area contributed by atoms with Gasteiger partial charge >= 0.3 is 0 Å². The maximum atomic E-state index is 3.99. The Bertz CT molecular complexity index is 1040. The molecule has 4 saturated carbocycles. The van der Waals surface area contributed by atoms with E-state index in [1.165, 1.54) is 75.1 Å². The van der Waals surface area contributed by atoms with Gasteiger partial charge in [-0.3, -0.25) is 0 Å². The lowest BCUT2D eigenvalue weighted by atomic mass is 9.43. The Labute approximate surface area is 223 Å². The predicted octanol–water partition coefficient (Wildman–Crippen LogP) is 6.50. The molecule has 2 N–H and O–H groups in total. The van der Waals surface area contributed by atoms with Crippen molar-refractivity contribution in [3.8, 4) is 11.1 Å².